The Kier molecular flexibility index (Phi) is 4.74. The largest absolute Gasteiger partial charge is 0.380 e. The molecule has 0 aliphatic carbocycles. The lowest BCUT2D eigenvalue weighted by Gasteiger charge is -2.09. The van der Waals surface area contributed by atoms with Crippen LogP contribution in [0.4, 0.5) is 11.4 Å². The van der Waals surface area contributed by atoms with Crippen molar-refractivity contribution in [3.8, 4) is 0 Å². The highest BCUT2D eigenvalue weighted by Crippen LogP contribution is 2.25. The summed E-state index contributed by atoms with van der Waals surface area (Å²) in [7, 11) is 0. The summed E-state index contributed by atoms with van der Waals surface area (Å²) in [5, 5.41) is 13.9. The number of nitrogens with one attached hydrogen (secondary N) is 1. The Hall–Kier alpha value is -2.15. The highest BCUT2D eigenvalue weighted by molar-refractivity contribution is 9.10. The first-order chi connectivity index (χ1) is 10.0. The zero-order valence-electron chi connectivity index (χ0n) is 11.4. The molecule has 1 N–H and O–H groups in total. The maximum absolute atomic E-state index is 11.8. The highest BCUT2D eigenvalue weighted by atomic mass is 79.9. The predicted molar refractivity (Wildman–Crippen MR) is 84.8 cm³/mol. The van der Waals surface area contributed by atoms with Crippen LogP contribution in [-0.4, -0.2) is 16.0 Å². The molecule has 0 atom stereocenters. The van der Waals surface area contributed by atoms with Gasteiger partial charge in [0.05, 0.1) is 11.5 Å². The number of nitro benzene ring substituents is 1. The molecule has 0 saturated heterocycles. The number of pyridine rings is 1. The van der Waals surface area contributed by atoms with Gasteiger partial charge in [-0.1, -0.05) is 6.07 Å². The summed E-state index contributed by atoms with van der Waals surface area (Å²) in [6, 6.07) is 7.97. The van der Waals surface area contributed by atoms with E-state index >= 15 is 0 Å². The second-order valence-electron chi connectivity index (χ2n) is 4.45. The van der Waals surface area contributed by atoms with Crippen molar-refractivity contribution in [1.82, 2.24) is 4.57 Å². The van der Waals surface area contributed by atoms with Gasteiger partial charge in [0.15, 0.2) is 0 Å². The molecule has 1 aromatic carbocycles. The van der Waals surface area contributed by atoms with Crippen molar-refractivity contribution in [2.24, 2.45) is 0 Å². The van der Waals surface area contributed by atoms with E-state index in [2.05, 4.69) is 21.2 Å². The predicted octanol–water partition coefficient (Wildman–Crippen LogP) is 3.00. The molecular formula is C14H14BrN3O3. The number of benzene rings is 1. The molecule has 6 nitrogen and oxygen atoms in total. The van der Waals surface area contributed by atoms with Crippen LogP contribution in [0, 0.1) is 10.1 Å². The van der Waals surface area contributed by atoms with Crippen LogP contribution >= 0.6 is 15.9 Å². The van der Waals surface area contributed by atoms with E-state index < -0.39 is 4.92 Å². The fourth-order valence-corrected chi connectivity index (χ4v) is 2.37. The average molecular weight is 352 g/mol. The lowest BCUT2D eigenvalue weighted by atomic mass is 10.1. The molecule has 0 bridgehead atoms. The summed E-state index contributed by atoms with van der Waals surface area (Å²) >= 11 is 3.32. The van der Waals surface area contributed by atoms with Gasteiger partial charge in [0.25, 0.3) is 11.2 Å². The van der Waals surface area contributed by atoms with Crippen molar-refractivity contribution >= 4 is 27.3 Å². The summed E-state index contributed by atoms with van der Waals surface area (Å²) in [6.07, 6.45) is 1.69. The minimum absolute atomic E-state index is 0.0298. The number of aromatic nitrogens is 1. The molecule has 0 aliphatic rings. The Labute approximate surface area is 129 Å². The van der Waals surface area contributed by atoms with Crippen LogP contribution in [0.15, 0.2) is 45.8 Å². The highest BCUT2D eigenvalue weighted by Gasteiger charge is 2.13. The van der Waals surface area contributed by atoms with Gasteiger partial charge in [0, 0.05) is 29.3 Å². The Morgan fingerprint density at radius 3 is 2.76 bits per heavy atom. The SMILES string of the molecule is CCNc1cc(Cn2cc(Br)ccc2=O)ccc1[N+](=O)[O-]. The summed E-state index contributed by atoms with van der Waals surface area (Å²) in [6.45, 7) is 2.81. The first-order valence-corrected chi connectivity index (χ1v) is 7.17. The van der Waals surface area contributed by atoms with E-state index in [-0.39, 0.29) is 11.2 Å². The van der Waals surface area contributed by atoms with Crippen LogP contribution in [0.25, 0.3) is 0 Å². The molecule has 1 aromatic heterocycles. The molecule has 110 valence electrons. The zero-order valence-corrected chi connectivity index (χ0v) is 13.0. The molecule has 0 spiro atoms. The number of rotatable bonds is 5. The van der Waals surface area contributed by atoms with Crippen molar-refractivity contribution in [1.29, 1.82) is 0 Å². The van der Waals surface area contributed by atoms with Gasteiger partial charge in [0.1, 0.15) is 5.69 Å². The molecule has 21 heavy (non-hydrogen) atoms. The molecule has 0 saturated carbocycles. The van der Waals surface area contributed by atoms with Crippen LogP contribution in [0.2, 0.25) is 0 Å². The first kappa shape index (κ1) is 15.2. The number of hydrogen-bond acceptors (Lipinski definition) is 4. The van der Waals surface area contributed by atoms with Gasteiger partial charge in [-0.15, -0.1) is 0 Å². The van der Waals surface area contributed by atoms with Crippen molar-refractivity contribution in [3.63, 3.8) is 0 Å². The van der Waals surface area contributed by atoms with Gasteiger partial charge >= 0.3 is 0 Å². The molecule has 0 unspecified atom stereocenters. The summed E-state index contributed by atoms with van der Waals surface area (Å²) in [5.74, 6) is 0. The third-order valence-electron chi connectivity index (χ3n) is 2.93. The Bertz CT molecular complexity index is 728. The normalized spacial score (nSPS) is 10.4. The van der Waals surface area contributed by atoms with Gasteiger partial charge in [-0.25, -0.2) is 0 Å². The van der Waals surface area contributed by atoms with Crippen LogP contribution in [-0.2, 0) is 6.54 Å². The summed E-state index contributed by atoms with van der Waals surface area (Å²) < 4.78 is 2.34. The van der Waals surface area contributed by atoms with Crippen molar-refractivity contribution in [3.05, 3.63) is 67.0 Å². The zero-order chi connectivity index (χ0) is 15.4. The lowest BCUT2D eigenvalue weighted by Crippen LogP contribution is -2.18. The molecule has 0 radical (unpaired) electrons. The fourth-order valence-electron chi connectivity index (χ4n) is 2.00. The van der Waals surface area contributed by atoms with E-state index in [9.17, 15) is 14.9 Å². The molecule has 0 fully saturated rings. The lowest BCUT2D eigenvalue weighted by molar-refractivity contribution is -0.384. The molecule has 2 rings (SSSR count). The van der Waals surface area contributed by atoms with E-state index in [1.807, 2.05) is 6.92 Å². The first-order valence-electron chi connectivity index (χ1n) is 6.38. The van der Waals surface area contributed by atoms with E-state index in [4.69, 9.17) is 0 Å². The number of halogens is 1. The maximum Gasteiger partial charge on any atom is 0.292 e. The fraction of sp³-hybridized carbons (Fsp3) is 0.214. The monoisotopic (exact) mass is 351 g/mol. The summed E-state index contributed by atoms with van der Waals surface area (Å²) in [5.41, 5.74) is 1.18. The standard InChI is InChI=1S/C14H14BrN3O3/c1-2-16-12-7-10(3-5-13(12)18(20)21)8-17-9-11(15)4-6-14(17)19/h3-7,9,16H,2,8H2,1H3. The number of nitro groups is 1. The molecule has 2 aromatic rings. The molecular weight excluding hydrogens is 338 g/mol. The topological polar surface area (TPSA) is 77.2 Å². The van der Waals surface area contributed by atoms with Gasteiger partial charge < -0.3 is 9.88 Å². The third-order valence-corrected chi connectivity index (χ3v) is 3.39. The molecule has 1 heterocycles. The quantitative estimate of drug-likeness (QED) is 0.663. The minimum atomic E-state index is -0.424. The van der Waals surface area contributed by atoms with Gasteiger partial charge in [0.2, 0.25) is 0 Å². The second-order valence-corrected chi connectivity index (χ2v) is 5.37. The Balaban J connectivity index is 2.36. The van der Waals surface area contributed by atoms with Crippen LogP contribution in [0.5, 0.6) is 0 Å². The number of hydrogen-bond donors (Lipinski definition) is 1. The van der Waals surface area contributed by atoms with E-state index in [1.54, 1.807) is 29.0 Å². The van der Waals surface area contributed by atoms with E-state index in [0.717, 1.165) is 10.0 Å². The number of anilines is 1. The van der Waals surface area contributed by atoms with Crippen LogP contribution < -0.4 is 10.9 Å². The van der Waals surface area contributed by atoms with E-state index in [0.29, 0.717) is 18.8 Å². The van der Waals surface area contributed by atoms with Crippen molar-refractivity contribution in [2.45, 2.75) is 13.5 Å². The Morgan fingerprint density at radius 2 is 2.10 bits per heavy atom. The summed E-state index contributed by atoms with van der Waals surface area (Å²) in [4.78, 5) is 22.3. The second kappa shape index (κ2) is 6.53. The van der Waals surface area contributed by atoms with Gasteiger partial charge in [-0.2, -0.15) is 0 Å². The minimum Gasteiger partial charge on any atom is -0.380 e. The van der Waals surface area contributed by atoms with Gasteiger partial charge in [-0.3, -0.25) is 14.9 Å². The average Bonchev–Trinajstić information content (AvgIpc) is 2.43. The third kappa shape index (κ3) is 3.69. The van der Waals surface area contributed by atoms with Crippen LogP contribution in [0.1, 0.15) is 12.5 Å². The number of nitrogens with zero attached hydrogens (tertiary/aromatic N) is 2. The van der Waals surface area contributed by atoms with Gasteiger partial charge in [-0.05, 0) is 40.5 Å². The smallest absolute Gasteiger partial charge is 0.292 e. The molecule has 0 aliphatic heterocycles. The molecule has 0 amide bonds. The Morgan fingerprint density at radius 1 is 1.33 bits per heavy atom. The molecule has 7 heteroatoms. The van der Waals surface area contributed by atoms with Crippen LogP contribution in [0.3, 0.4) is 0 Å². The maximum atomic E-state index is 11.8. The van der Waals surface area contributed by atoms with E-state index in [1.165, 1.54) is 12.1 Å². The van der Waals surface area contributed by atoms with Crippen molar-refractivity contribution in [2.75, 3.05) is 11.9 Å². The van der Waals surface area contributed by atoms with Crippen molar-refractivity contribution < 1.29 is 4.92 Å².